The summed E-state index contributed by atoms with van der Waals surface area (Å²) in [5.41, 5.74) is 6.43. The number of amides is 1. The molecule has 3 heterocycles. The first kappa shape index (κ1) is 24.1. The van der Waals surface area contributed by atoms with Crippen LogP contribution in [0.2, 0.25) is 0 Å². The Morgan fingerprint density at radius 3 is 2.78 bits per heavy atom. The zero-order valence-electron chi connectivity index (χ0n) is 21.4. The second-order valence-corrected chi connectivity index (χ2v) is 9.59. The van der Waals surface area contributed by atoms with E-state index in [1.165, 1.54) is 22.2 Å². The number of methoxy groups -OCH3 is 1. The van der Waals surface area contributed by atoms with Crippen LogP contribution in [-0.2, 0) is 32.5 Å². The molecule has 0 bridgehead atoms. The smallest absolute Gasteiger partial charge is 0.272 e. The van der Waals surface area contributed by atoms with E-state index in [1.807, 2.05) is 28.9 Å². The lowest BCUT2D eigenvalue weighted by atomic mass is 9.99. The van der Waals surface area contributed by atoms with E-state index in [9.17, 15) is 4.79 Å². The molecule has 1 atom stereocenters. The Hall–Kier alpha value is -3.58. The monoisotopic (exact) mass is 485 g/mol. The van der Waals surface area contributed by atoms with Gasteiger partial charge in [0.25, 0.3) is 5.91 Å². The summed E-state index contributed by atoms with van der Waals surface area (Å²) in [4.78, 5) is 19.1. The molecule has 2 aromatic carbocycles. The largest absolute Gasteiger partial charge is 0.497 e. The van der Waals surface area contributed by atoms with Gasteiger partial charge in [-0.1, -0.05) is 30.3 Å². The fourth-order valence-electron chi connectivity index (χ4n) is 5.23. The average molecular weight is 486 g/mol. The SMILES string of the molecule is CCn1nc(C(=O)NCc2ccc(OC)cc2)c2c1CCN([C@H](C)CCc1c[nH]c3ccccc13)C2. The number of aromatic nitrogens is 3. The number of ether oxygens (including phenoxy) is 1. The Kier molecular flexibility index (Phi) is 7.09. The Labute approximate surface area is 212 Å². The van der Waals surface area contributed by atoms with Gasteiger partial charge in [0.2, 0.25) is 0 Å². The van der Waals surface area contributed by atoms with Gasteiger partial charge in [0, 0.05) is 67.0 Å². The number of benzene rings is 2. The van der Waals surface area contributed by atoms with Gasteiger partial charge in [-0.2, -0.15) is 5.10 Å². The third kappa shape index (κ3) is 4.88. The van der Waals surface area contributed by atoms with Crippen molar-refractivity contribution in [3.8, 4) is 5.75 Å². The van der Waals surface area contributed by atoms with Crippen LogP contribution in [0.15, 0.2) is 54.7 Å². The first-order valence-corrected chi connectivity index (χ1v) is 12.9. The van der Waals surface area contributed by atoms with E-state index in [1.54, 1.807) is 7.11 Å². The zero-order valence-corrected chi connectivity index (χ0v) is 21.4. The molecule has 1 aliphatic heterocycles. The molecule has 5 rings (SSSR count). The lowest BCUT2D eigenvalue weighted by Crippen LogP contribution is -2.39. The van der Waals surface area contributed by atoms with Crippen molar-refractivity contribution in [2.45, 2.75) is 58.8 Å². The molecule has 4 aromatic rings. The van der Waals surface area contributed by atoms with Gasteiger partial charge in [-0.05, 0) is 56.0 Å². The maximum absolute atomic E-state index is 13.2. The Morgan fingerprint density at radius 2 is 2.00 bits per heavy atom. The summed E-state index contributed by atoms with van der Waals surface area (Å²) in [7, 11) is 1.65. The Bertz CT molecular complexity index is 1340. The van der Waals surface area contributed by atoms with Crippen LogP contribution in [0, 0.1) is 0 Å². The maximum Gasteiger partial charge on any atom is 0.272 e. The molecule has 36 heavy (non-hydrogen) atoms. The standard InChI is InChI=1S/C29H35N5O2/c1-4-34-27-15-16-33(20(2)9-12-22-18-30-26-8-6-5-7-24(22)26)19-25(27)28(32-34)29(35)31-17-21-10-13-23(36-3)14-11-21/h5-8,10-11,13-14,18,20,30H,4,9,12,15-17,19H2,1-3H3,(H,31,35)/t20-/m1/s1. The number of carbonyl (C=O) groups excluding carboxylic acids is 1. The molecular formula is C29H35N5O2. The van der Waals surface area contributed by atoms with E-state index in [4.69, 9.17) is 9.84 Å². The van der Waals surface area contributed by atoms with Crippen molar-refractivity contribution in [3.63, 3.8) is 0 Å². The molecule has 2 aromatic heterocycles. The topological polar surface area (TPSA) is 75.2 Å². The van der Waals surface area contributed by atoms with Crippen molar-refractivity contribution < 1.29 is 9.53 Å². The number of nitrogens with zero attached hydrogens (tertiary/aromatic N) is 3. The number of hydrogen-bond acceptors (Lipinski definition) is 4. The van der Waals surface area contributed by atoms with Gasteiger partial charge in [-0.25, -0.2) is 0 Å². The minimum atomic E-state index is -0.109. The zero-order chi connectivity index (χ0) is 25.1. The molecule has 0 radical (unpaired) electrons. The van der Waals surface area contributed by atoms with Gasteiger partial charge < -0.3 is 15.0 Å². The fraction of sp³-hybridized carbons (Fsp3) is 0.379. The molecule has 2 N–H and O–H groups in total. The summed E-state index contributed by atoms with van der Waals surface area (Å²) < 4.78 is 7.23. The van der Waals surface area contributed by atoms with Crippen molar-refractivity contribution in [2.24, 2.45) is 0 Å². The minimum Gasteiger partial charge on any atom is -0.497 e. The van der Waals surface area contributed by atoms with Gasteiger partial charge in [-0.3, -0.25) is 14.4 Å². The maximum atomic E-state index is 13.2. The van der Waals surface area contributed by atoms with Crippen LogP contribution in [0.4, 0.5) is 0 Å². The summed E-state index contributed by atoms with van der Waals surface area (Å²) in [5.74, 6) is 0.697. The normalized spacial score (nSPS) is 14.5. The average Bonchev–Trinajstić information content (AvgIpc) is 3.51. The summed E-state index contributed by atoms with van der Waals surface area (Å²) in [6, 6.07) is 16.6. The molecule has 188 valence electrons. The molecule has 7 nitrogen and oxygen atoms in total. The Balaban J connectivity index is 1.25. The molecule has 7 heteroatoms. The summed E-state index contributed by atoms with van der Waals surface area (Å²) >= 11 is 0. The van der Waals surface area contributed by atoms with E-state index in [2.05, 4.69) is 59.5 Å². The summed E-state index contributed by atoms with van der Waals surface area (Å²) in [5, 5.41) is 9.10. The van der Waals surface area contributed by atoms with Crippen LogP contribution < -0.4 is 10.1 Å². The van der Waals surface area contributed by atoms with E-state index in [0.29, 0.717) is 18.3 Å². The van der Waals surface area contributed by atoms with Crippen LogP contribution in [0.25, 0.3) is 10.9 Å². The van der Waals surface area contributed by atoms with Crippen LogP contribution in [0.1, 0.15) is 53.1 Å². The van der Waals surface area contributed by atoms with Crippen LogP contribution in [-0.4, -0.2) is 45.3 Å². The van der Waals surface area contributed by atoms with Gasteiger partial charge in [0.1, 0.15) is 5.75 Å². The van der Waals surface area contributed by atoms with Gasteiger partial charge in [0.05, 0.1) is 7.11 Å². The van der Waals surface area contributed by atoms with E-state index in [0.717, 1.165) is 55.8 Å². The third-order valence-electron chi connectivity index (χ3n) is 7.42. The quantitative estimate of drug-likeness (QED) is 0.360. The van der Waals surface area contributed by atoms with Gasteiger partial charge in [-0.15, -0.1) is 0 Å². The minimum absolute atomic E-state index is 0.109. The molecule has 0 aliphatic carbocycles. The second kappa shape index (κ2) is 10.6. The lowest BCUT2D eigenvalue weighted by Gasteiger charge is -2.33. The Morgan fingerprint density at radius 1 is 1.19 bits per heavy atom. The molecule has 0 spiro atoms. The summed E-state index contributed by atoms with van der Waals surface area (Å²) in [6.07, 6.45) is 5.15. The van der Waals surface area contributed by atoms with E-state index in [-0.39, 0.29) is 5.91 Å². The highest BCUT2D eigenvalue weighted by molar-refractivity contribution is 5.94. The molecule has 0 saturated carbocycles. The molecule has 0 saturated heterocycles. The lowest BCUT2D eigenvalue weighted by molar-refractivity contribution is 0.0941. The fourth-order valence-corrected chi connectivity index (χ4v) is 5.23. The predicted octanol–water partition coefficient (Wildman–Crippen LogP) is 4.70. The number of nitrogens with one attached hydrogen (secondary N) is 2. The first-order valence-electron chi connectivity index (χ1n) is 12.9. The molecule has 1 aliphatic rings. The van der Waals surface area contributed by atoms with Crippen LogP contribution in [0.5, 0.6) is 5.75 Å². The molecule has 0 unspecified atom stereocenters. The van der Waals surface area contributed by atoms with Crippen LogP contribution in [0.3, 0.4) is 0 Å². The van der Waals surface area contributed by atoms with Crippen LogP contribution >= 0.6 is 0 Å². The third-order valence-corrected chi connectivity index (χ3v) is 7.42. The number of H-pyrrole nitrogens is 1. The number of aromatic amines is 1. The van der Waals surface area contributed by atoms with Crippen molar-refractivity contribution in [2.75, 3.05) is 13.7 Å². The van der Waals surface area contributed by atoms with E-state index < -0.39 is 0 Å². The number of carbonyl (C=O) groups is 1. The van der Waals surface area contributed by atoms with Crippen molar-refractivity contribution in [1.82, 2.24) is 25.0 Å². The van der Waals surface area contributed by atoms with Crippen molar-refractivity contribution in [3.05, 3.63) is 82.8 Å². The summed E-state index contributed by atoms with van der Waals surface area (Å²) in [6.45, 7) is 7.36. The highest BCUT2D eigenvalue weighted by Crippen LogP contribution is 2.26. The van der Waals surface area contributed by atoms with Gasteiger partial charge >= 0.3 is 0 Å². The predicted molar refractivity (Wildman–Crippen MR) is 142 cm³/mol. The molecule has 0 fully saturated rings. The number of fused-ring (bicyclic) bond motifs is 2. The van der Waals surface area contributed by atoms with Gasteiger partial charge in [0.15, 0.2) is 5.69 Å². The number of aryl methyl sites for hydroxylation is 2. The molecule has 1 amide bonds. The van der Waals surface area contributed by atoms with Crippen molar-refractivity contribution in [1.29, 1.82) is 0 Å². The second-order valence-electron chi connectivity index (χ2n) is 9.59. The van der Waals surface area contributed by atoms with Crippen molar-refractivity contribution >= 4 is 16.8 Å². The highest BCUT2D eigenvalue weighted by Gasteiger charge is 2.29. The number of rotatable bonds is 9. The number of hydrogen-bond donors (Lipinski definition) is 2. The first-order chi connectivity index (χ1) is 17.6. The highest BCUT2D eigenvalue weighted by atomic mass is 16.5. The van der Waals surface area contributed by atoms with E-state index >= 15 is 0 Å². The number of para-hydroxylation sites is 1. The molecular weight excluding hydrogens is 450 g/mol.